The minimum atomic E-state index is -3.07. The number of aliphatic carboxylic acids is 1. The van der Waals surface area contributed by atoms with Crippen LogP contribution in [0.5, 0.6) is 17.2 Å². The topological polar surface area (TPSA) is 99.1 Å². The van der Waals surface area contributed by atoms with Crippen LogP contribution in [0.15, 0.2) is 36.4 Å². The first kappa shape index (κ1) is 28.9. The summed E-state index contributed by atoms with van der Waals surface area (Å²) < 4.78 is 71.0. The molecule has 7 nitrogen and oxygen atoms in total. The quantitative estimate of drug-likeness (QED) is 0.288. The summed E-state index contributed by atoms with van der Waals surface area (Å²) in [5.74, 6) is -0.836. The second kappa shape index (κ2) is 11.3. The average molecular weight is 587 g/mol. The number of rotatable bonds is 10. The molecule has 0 saturated heterocycles. The van der Waals surface area contributed by atoms with Crippen molar-refractivity contribution in [1.29, 1.82) is 0 Å². The molecule has 1 aliphatic carbocycles. The molecule has 0 fully saturated rings. The van der Waals surface area contributed by atoms with Crippen molar-refractivity contribution in [3.05, 3.63) is 75.8 Å². The van der Waals surface area contributed by atoms with Crippen LogP contribution in [-0.4, -0.2) is 44.7 Å². The van der Waals surface area contributed by atoms with E-state index in [-0.39, 0.29) is 31.3 Å². The van der Waals surface area contributed by atoms with E-state index in [1.165, 1.54) is 6.26 Å². The molecule has 0 aromatic heterocycles. The maximum Gasteiger partial charge on any atom is 0.304 e. The third-order valence-electron chi connectivity index (χ3n) is 7.60. The van der Waals surface area contributed by atoms with Crippen LogP contribution in [0.2, 0.25) is 0 Å². The van der Waals surface area contributed by atoms with Crippen LogP contribution in [0.1, 0.15) is 59.1 Å². The van der Waals surface area contributed by atoms with E-state index < -0.39 is 33.5 Å². The normalized spacial score (nSPS) is 17.6. The van der Waals surface area contributed by atoms with E-state index in [0.29, 0.717) is 58.8 Å². The lowest BCUT2D eigenvalue weighted by Crippen LogP contribution is -2.09. The summed E-state index contributed by atoms with van der Waals surface area (Å²) in [7, 11) is -3.07. The summed E-state index contributed by atoms with van der Waals surface area (Å²) in [6, 6.07) is 9.68. The van der Waals surface area contributed by atoms with E-state index in [4.69, 9.17) is 19.3 Å². The summed E-state index contributed by atoms with van der Waals surface area (Å²) in [6.07, 6.45) is 1.77. The fraction of sp³-hybridized carbons (Fsp3) is 0.387. The second-order valence-corrected chi connectivity index (χ2v) is 13.1. The van der Waals surface area contributed by atoms with Crippen molar-refractivity contribution in [3.63, 3.8) is 0 Å². The molecule has 0 bridgehead atoms. The standard InChI is InChI=1S/C31H32F2O7S/c1-17-11-21(38-9-4-10-41(3,36)37)12-18(2)29(17)31-23-7-8-26(30(23)24(32)15-25(31)33)40-20-5-6-22-19(13-28(34)35)16-39-27(22)14-20/h5-6,11-12,14-15,19,26H,4,7-10,13,16H2,1-3H3,(H,34,35)/t19?,26-/m1/s1. The van der Waals surface area contributed by atoms with Gasteiger partial charge in [0.2, 0.25) is 0 Å². The van der Waals surface area contributed by atoms with Crippen LogP contribution in [-0.2, 0) is 21.1 Å². The number of halogens is 2. The minimum Gasteiger partial charge on any atom is -0.494 e. The summed E-state index contributed by atoms with van der Waals surface area (Å²) in [6.45, 7) is 4.19. The summed E-state index contributed by atoms with van der Waals surface area (Å²) in [5, 5.41) is 9.14. The Morgan fingerprint density at radius 1 is 1.05 bits per heavy atom. The zero-order valence-corrected chi connectivity index (χ0v) is 23.9. The number of carboxylic acids is 1. The van der Waals surface area contributed by atoms with Crippen LogP contribution in [0.3, 0.4) is 0 Å². The number of aryl methyl sites for hydroxylation is 2. The zero-order valence-electron chi connectivity index (χ0n) is 23.1. The lowest BCUT2D eigenvalue weighted by molar-refractivity contribution is -0.137. The lowest BCUT2D eigenvalue weighted by Gasteiger charge is -2.20. The van der Waals surface area contributed by atoms with E-state index in [0.717, 1.165) is 22.8 Å². The third kappa shape index (κ3) is 6.17. The van der Waals surface area contributed by atoms with Gasteiger partial charge in [-0.25, -0.2) is 17.2 Å². The van der Waals surface area contributed by atoms with Crippen molar-refractivity contribution in [2.24, 2.45) is 0 Å². The Hall–Kier alpha value is -3.66. The molecular weight excluding hydrogens is 554 g/mol. The maximum atomic E-state index is 15.4. The highest BCUT2D eigenvalue weighted by atomic mass is 32.2. The first-order valence-corrected chi connectivity index (χ1v) is 15.6. The van der Waals surface area contributed by atoms with Crippen LogP contribution < -0.4 is 14.2 Å². The maximum absolute atomic E-state index is 15.4. The Morgan fingerprint density at radius 2 is 1.78 bits per heavy atom. The van der Waals surface area contributed by atoms with Crippen molar-refractivity contribution in [3.8, 4) is 28.4 Å². The van der Waals surface area contributed by atoms with Crippen molar-refractivity contribution in [2.45, 2.75) is 51.6 Å². The predicted molar refractivity (Wildman–Crippen MR) is 150 cm³/mol. The fourth-order valence-corrected chi connectivity index (χ4v) is 6.53. The predicted octanol–water partition coefficient (Wildman–Crippen LogP) is 6.08. The van der Waals surface area contributed by atoms with Gasteiger partial charge in [-0.15, -0.1) is 0 Å². The second-order valence-electron chi connectivity index (χ2n) is 10.8. The molecule has 3 aromatic rings. The third-order valence-corrected chi connectivity index (χ3v) is 8.63. The van der Waals surface area contributed by atoms with Crippen molar-refractivity contribution in [1.82, 2.24) is 0 Å². The first-order valence-electron chi connectivity index (χ1n) is 13.5. The number of hydrogen-bond donors (Lipinski definition) is 1. The largest absolute Gasteiger partial charge is 0.494 e. The van der Waals surface area contributed by atoms with Gasteiger partial charge in [-0.3, -0.25) is 4.79 Å². The smallest absolute Gasteiger partial charge is 0.304 e. The molecule has 0 spiro atoms. The first-order chi connectivity index (χ1) is 19.4. The Balaban J connectivity index is 1.40. The van der Waals surface area contributed by atoms with Crippen molar-refractivity contribution in [2.75, 3.05) is 25.2 Å². The highest BCUT2D eigenvalue weighted by molar-refractivity contribution is 7.90. The Labute approximate surface area is 238 Å². The molecule has 0 saturated carbocycles. The number of carbonyl (C=O) groups is 1. The van der Waals surface area contributed by atoms with Gasteiger partial charge in [0.25, 0.3) is 0 Å². The highest BCUT2D eigenvalue weighted by Crippen LogP contribution is 2.46. The van der Waals surface area contributed by atoms with Gasteiger partial charge in [-0.05, 0) is 73.6 Å². The van der Waals surface area contributed by atoms with Gasteiger partial charge < -0.3 is 19.3 Å². The molecule has 1 N–H and O–H groups in total. The van der Waals surface area contributed by atoms with Gasteiger partial charge in [-0.2, -0.15) is 0 Å². The van der Waals surface area contributed by atoms with Crippen LogP contribution in [0.4, 0.5) is 8.78 Å². The van der Waals surface area contributed by atoms with E-state index in [2.05, 4.69) is 0 Å². The van der Waals surface area contributed by atoms with Crippen molar-refractivity contribution >= 4 is 15.8 Å². The Morgan fingerprint density at radius 3 is 2.46 bits per heavy atom. The molecule has 5 rings (SSSR count). The highest BCUT2D eigenvalue weighted by Gasteiger charge is 2.34. The summed E-state index contributed by atoms with van der Waals surface area (Å²) in [4.78, 5) is 11.1. The average Bonchev–Trinajstić information content (AvgIpc) is 3.46. The Bertz CT molecular complexity index is 1590. The van der Waals surface area contributed by atoms with E-state index in [1.807, 2.05) is 13.8 Å². The molecule has 2 aliphatic rings. The van der Waals surface area contributed by atoms with Crippen LogP contribution >= 0.6 is 0 Å². The zero-order chi connectivity index (χ0) is 29.5. The molecule has 0 amide bonds. The SMILES string of the molecule is Cc1cc(OCCCS(C)(=O)=O)cc(C)c1-c1c(F)cc(F)c2c1CC[C@H]2Oc1ccc2c(c1)OCC2CC(=O)O. The number of hydrogen-bond acceptors (Lipinski definition) is 6. The van der Waals surface area contributed by atoms with E-state index in [1.54, 1.807) is 30.3 Å². The number of benzene rings is 3. The molecule has 10 heteroatoms. The lowest BCUT2D eigenvalue weighted by atomic mass is 9.89. The molecule has 41 heavy (non-hydrogen) atoms. The molecular formula is C31H32F2O7S. The van der Waals surface area contributed by atoms with E-state index >= 15 is 8.78 Å². The minimum absolute atomic E-state index is 0.0299. The number of fused-ring (bicyclic) bond motifs is 2. The van der Waals surface area contributed by atoms with Crippen LogP contribution in [0.25, 0.3) is 11.1 Å². The summed E-state index contributed by atoms with van der Waals surface area (Å²) >= 11 is 0. The number of ether oxygens (including phenoxy) is 3. The molecule has 218 valence electrons. The van der Waals surface area contributed by atoms with E-state index in [9.17, 15) is 13.2 Å². The fourth-order valence-electron chi connectivity index (χ4n) is 5.89. The molecule has 1 heterocycles. The number of carboxylic acid groups (broad SMARTS) is 1. The van der Waals surface area contributed by atoms with Gasteiger partial charge in [0, 0.05) is 41.0 Å². The monoisotopic (exact) mass is 586 g/mol. The van der Waals surface area contributed by atoms with Gasteiger partial charge >= 0.3 is 5.97 Å². The molecule has 2 atom stereocenters. The van der Waals surface area contributed by atoms with Gasteiger partial charge in [0.1, 0.15) is 44.8 Å². The molecule has 1 aliphatic heterocycles. The van der Waals surface area contributed by atoms with Gasteiger partial charge in [-0.1, -0.05) is 6.07 Å². The van der Waals surface area contributed by atoms with Crippen molar-refractivity contribution < 1.29 is 41.3 Å². The molecule has 1 unspecified atom stereocenters. The molecule has 0 radical (unpaired) electrons. The molecule has 3 aromatic carbocycles. The van der Waals surface area contributed by atoms with Gasteiger partial charge in [0.05, 0.1) is 25.4 Å². The van der Waals surface area contributed by atoms with Crippen LogP contribution in [0, 0.1) is 25.5 Å². The Kier molecular flexibility index (Phi) is 7.96. The summed E-state index contributed by atoms with van der Waals surface area (Å²) in [5.41, 5.74) is 4.22. The van der Waals surface area contributed by atoms with Gasteiger partial charge in [0.15, 0.2) is 0 Å². The number of sulfone groups is 1.